The molecule has 1 aromatic carbocycles. The largest absolute Gasteiger partial charge is 0.491 e. The van der Waals surface area contributed by atoms with Crippen molar-refractivity contribution >= 4 is 5.82 Å². The third-order valence-electron chi connectivity index (χ3n) is 5.80. The number of nitrogens with zero attached hydrogens (tertiary/aromatic N) is 7. The summed E-state index contributed by atoms with van der Waals surface area (Å²) in [7, 11) is 5.00. The Morgan fingerprint density at radius 2 is 1.78 bits per heavy atom. The molecule has 0 fully saturated rings. The van der Waals surface area contributed by atoms with Crippen LogP contribution in [-0.4, -0.2) is 43.5 Å². The first kappa shape index (κ1) is 25.2. The highest BCUT2D eigenvalue weighted by atomic mass is 19.4. The van der Waals surface area contributed by atoms with Crippen LogP contribution in [0.4, 0.5) is 19.0 Å². The summed E-state index contributed by atoms with van der Waals surface area (Å²) in [5, 5.41) is 4.45. The zero-order valence-electron chi connectivity index (χ0n) is 21.0. The average molecular weight is 500 g/mol. The maximum absolute atomic E-state index is 13.0. The molecule has 4 rings (SSSR count). The third kappa shape index (κ3) is 4.91. The van der Waals surface area contributed by atoms with Gasteiger partial charge in [0.05, 0.1) is 19.5 Å². The molecule has 0 atom stereocenters. The van der Waals surface area contributed by atoms with Gasteiger partial charge in [-0.25, -0.2) is 15.0 Å². The summed E-state index contributed by atoms with van der Waals surface area (Å²) in [6.07, 6.45) is -0.0523. The Labute approximate surface area is 207 Å². The molecule has 0 aliphatic heterocycles. The molecule has 0 aliphatic rings. The third-order valence-corrected chi connectivity index (χ3v) is 5.80. The zero-order chi connectivity index (χ0) is 26.2. The van der Waals surface area contributed by atoms with E-state index in [1.165, 1.54) is 4.57 Å². The summed E-state index contributed by atoms with van der Waals surface area (Å²) in [6.45, 7) is 6.55. The maximum atomic E-state index is 13.0. The molecular formula is C25H28F3N7O. The van der Waals surface area contributed by atoms with E-state index in [-0.39, 0.29) is 11.9 Å². The van der Waals surface area contributed by atoms with Gasteiger partial charge < -0.3 is 14.2 Å². The standard InChI is InChI=1S/C25H28F3N7O/c1-15(2)35-21(16(3)11-30-35)22-29-12-19(36-6)24(32-22)33(4)13-17-7-9-18(10-8-17)23-31-20(14-34(23)5)25(26,27)28/h7-12,14-15H,13H2,1-6H3. The van der Waals surface area contributed by atoms with E-state index in [4.69, 9.17) is 9.72 Å². The van der Waals surface area contributed by atoms with Crippen molar-refractivity contribution < 1.29 is 17.9 Å². The highest BCUT2D eigenvalue weighted by molar-refractivity contribution is 5.61. The lowest BCUT2D eigenvalue weighted by Gasteiger charge is -2.21. The maximum Gasteiger partial charge on any atom is 0.434 e. The number of ether oxygens (including phenoxy) is 1. The smallest absolute Gasteiger partial charge is 0.434 e. The number of rotatable bonds is 7. The van der Waals surface area contributed by atoms with Gasteiger partial charge in [0.1, 0.15) is 11.5 Å². The van der Waals surface area contributed by atoms with Crippen LogP contribution in [0.3, 0.4) is 0 Å². The number of alkyl halides is 3. The number of aryl methyl sites for hydroxylation is 2. The van der Waals surface area contributed by atoms with Crippen molar-refractivity contribution in [3.63, 3.8) is 0 Å². The van der Waals surface area contributed by atoms with Crippen LogP contribution in [0.1, 0.15) is 36.7 Å². The molecule has 4 aromatic rings. The number of aromatic nitrogens is 6. The van der Waals surface area contributed by atoms with E-state index in [1.54, 1.807) is 38.7 Å². The average Bonchev–Trinajstić information content (AvgIpc) is 3.42. The van der Waals surface area contributed by atoms with E-state index < -0.39 is 11.9 Å². The Morgan fingerprint density at radius 3 is 2.36 bits per heavy atom. The predicted molar refractivity (Wildman–Crippen MR) is 131 cm³/mol. The fourth-order valence-corrected chi connectivity index (χ4v) is 3.99. The van der Waals surface area contributed by atoms with Crippen molar-refractivity contribution in [2.75, 3.05) is 19.1 Å². The number of imidazole rings is 1. The molecule has 0 saturated carbocycles. The van der Waals surface area contributed by atoms with Crippen molar-refractivity contribution in [3.05, 3.63) is 59.7 Å². The number of methoxy groups -OCH3 is 1. The highest BCUT2D eigenvalue weighted by Gasteiger charge is 2.34. The van der Waals surface area contributed by atoms with E-state index in [1.807, 2.05) is 49.5 Å². The molecule has 8 nitrogen and oxygen atoms in total. The molecule has 0 bridgehead atoms. The molecule has 36 heavy (non-hydrogen) atoms. The number of anilines is 1. The minimum absolute atomic E-state index is 0.144. The number of hydrogen-bond donors (Lipinski definition) is 0. The van der Waals surface area contributed by atoms with Crippen molar-refractivity contribution in [3.8, 4) is 28.7 Å². The molecule has 0 amide bonds. The van der Waals surface area contributed by atoms with E-state index in [2.05, 4.69) is 15.1 Å². The van der Waals surface area contributed by atoms with Crippen LogP contribution in [0.25, 0.3) is 22.9 Å². The molecule has 0 N–H and O–H groups in total. The Morgan fingerprint density at radius 1 is 1.08 bits per heavy atom. The summed E-state index contributed by atoms with van der Waals surface area (Å²) in [5.41, 5.74) is 2.45. The van der Waals surface area contributed by atoms with Crippen LogP contribution >= 0.6 is 0 Å². The van der Waals surface area contributed by atoms with E-state index in [0.29, 0.717) is 29.5 Å². The highest BCUT2D eigenvalue weighted by Crippen LogP contribution is 2.32. The van der Waals surface area contributed by atoms with E-state index >= 15 is 0 Å². The molecule has 3 aromatic heterocycles. The fraction of sp³-hybridized carbons (Fsp3) is 0.360. The summed E-state index contributed by atoms with van der Waals surface area (Å²) in [6, 6.07) is 7.39. The first-order valence-corrected chi connectivity index (χ1v) is 11.4. The second-order valence-electron chi connectivity index (χ2n) is 8.91. The summed E-state index contributed by atoms with van der Waals surface area (Å²) < 4.78 is 47.8. The topological polar surface area (TPSA) is 73.9 Å². The van der Waals surface area contributed by atoms with Gasteiger partial charge in [0, 0.05) is 38.4 Å². The van der Waals surface area contributed by atoms with E-state index in [0.717, 1.165) is 23.0 Å². The number of benzene rings is 1. The van der Waals surface area contributed by atoms with Crippen LogP contribution in [0.5, 0.6) is 5.75 Å². The van der Waals surface area contributed by atoms with Gasteiger partial charge in [-0.1, -0.05) is 24.3 Å². The number of hydrogen-bond acceptors (Lipinski definition) is 6. The fourth-order valence-electron chi connectivity index (χ4n) is 3.99. The van der Waals surface area contributed by atoms with Crippen LogP contribution in [-0.2, 0) is 19.8 Å². The molecule has 0 spiro atoms. The second-order valence-corrected chi connectivity index (χ2v) is 8.91. The van der Waals surface area contributed by atoms with Gasteiger partial charge in [0.15, 0.2) is 23.1 Å². The van der Waals surface area contributed by atoms with Crippen molar-refractivity contribution in [2.45, 2.75) is 39.5 Å². The SMILES string of the molecule is COc1cnc(-c2c(C)cnn2C(C)C)nc1N(C)Cc1ccc(-c2nc(C(F)(F)F)cn2C)cc1. The minimum atomic E-state index is -4.49. The Bertz CT molecular complexity index is 1360. The lowest BCUT2D eigenvalue weighted by Crippen LogP contribution is -2.19. The monoisotopic (exact) mass is 499 g/mol. The van der Waals surface area contributed by atoms with Crippen LogP contribution < -0.4 is 9.64 Å². The van der Waals surface area contributed by atoms with Crippen LogP contribution in [0, 0.1) is 6.92 Å². The molecule has 0 aliphatic carbocycles. The minimum Gasteiger partial charge on any atom is -0.491 e. The molecule has 0 saturated heterocycles. The Hall–Kier alpha value is -3.89. The molecule has 190 valence electrons. The van der Waals surface area contributed by atoms with Crippen LogP contribution in [0.2, 0.25) is 0 Å². The second kappa shape index (κ2) is 9.63. The van der Waals surface area contributed by atoms with Gasteiger partial charge in [-0.3, -0.25) is 4.68 Å². The van der Waals surface area contributed by atoms with E-state index in [9.17, 15) is 13.2 Å². The predicted octanol–water partition coefficient (Wildman–Crippen LogP) is 5.29. The van der Waals surface area contributed by atoms with Crippen molar-refractivity contribution in [1.29, 1.82) is 0 Å². The molecule has 0 unspecified atom stereocenters. The summed E-state index contributed by atoms with van der Waals surface area (Å²) in [5.74, 6) is 1.94. The lowest BCUT2D eigenvalue weighted by atomic mass is 10.1. The van der Waals surface area contributed by atoms with Gasteiger partial charge in [-0.15, -0.1) is 0 Å². The quantitative estimate of drug-likeness (QED) is 0.344. The molecule has 11 heteroatoms. The van der Waals surface area contributed by atoms with Gasteiger partial charge in [0.25, 0.3) is 0 Å². The summed E-state index contributed by atoms with van der Waals surface area (Å²) in [4.78, 5) is 15.0. The van der Waals surface area contributed by atoms with Gasteiger partial charge in [-0.2, -0.15) is 18.3 Å². The Balaban J connectivity index is 1.60. The van der Waals surface area contributed by atoms with Crippen molar-refractivity contribution in [1.82, 2.24) is 29.3 Å². The normalized spacial score (nSPS) is 11.8. The van der Waals surface area contributed by atoms with Gasteiger partial charge in [0.2, 0.25) is 0 Å². The Kier molecular flexibility index (Phi) is 6.75. The first-order chi connectivity index (χ1) is 17.0. The van der Waals surface area contributed by atoms with Gasteiger partial charge >= 0.3 is 6.18 Å². The van der Waals surface area contributed by atoms with Crippen LogP contribution in [0.15, 0.2) is 42.9 Å². The summed E-state index contributed by atoms with van der Waals surface area (Å²) >= 11 is 0. The molecule has 3 heterocycles. The lowest BCUT2D eigenvalue weighted by molar-refractivity contribution is -0.140. The molecule has 0 radical (unpaired) electrons. The number of halogens is 3. The van der Waals surface area contributed by atoms with Crippen molar-refractivity contribution in [2.24, 2.45) is 7.05 Å². The zero-order valence-corrected chi connectivity index (χ0v) is 21.0. The van der Waals surface area contributed by atoms with Gasteiger partial charge in [-0.05, 0) is 31.9 Å². The first-order valence-electron chi connectivity index (χ1n) is 11.4. The molecular weight excluding hydrogens is 471 g/mol.